The number of aromatic nitrogens is 5. The molecule has 2 N–H and O–H groups in total. The van der Waals surface area contributed by atoms with E-state index in [0.29, 0.717) is 24.1 Å². The average molecular weight is 428 g/mol. The third-order valence-corrected chi connectivity index (χ3v) is 6.64. The number of likely N-dealkylation sites (tertiary alicyclic amines) is 1. The fraction of sp³-hybridized carbons (Fsp3) is 0.333. The van der Waals surface area contributed by atoms with Crippen LogP contribution >= 0.6 is 0 Å². The zero-order chi connectivity index (χ0) is 21.7. The standard InChI is InChI=1S/C24H24N6O2/c31-23(17-1-2-17)29-10-9-15(14-29)11-22-27-28-24(32)30(22)20-7-5-16(6-8-20)18-3-4-19-13-25-26-21(19)12-18/h3-8,12-13,15,17H,1-2,9-11,14H2,(H,25,26)(H,28,32). The molecule has 1 saturated heterocycles. The lowest BCUT2D eigenvalue weighted by Crippen LogP contribution is -2.30. The van der Waals surface area contributed by atoms with E-state index in [1.165, 1.54) is 0 Å². The van der Waals surface area contributed by atoms with Crippen molar-refractivity contribution in [3.05, 3.63) is 65.0 Å². The van der Waals surface area contributed by atoms with Crippen molar-refractivity contribution >= 4 is 16.8 Å². The van der Waals surface area contributed by atoms with E-state index in [2.05, 4.69) is 32.5 Å². The molecule has 0 spiro atoms. The molecule has 2 fully saturated rings. The Bertz CT molecular complexity index is 1340. The Balaban J connectivity index is 1.22. The monoisotopic (exact) mass is 428 g/mol. The molecule has 1 atom stereocenters. The van der Waals surface area contributed by atoms with Gasteiger partial charge in [0.2, 0.25) is 5.91 Å². The van der Waals surface area contributed by atoms with Crippen LogP contribution in [0.5, 0.6) is 0 Å². The average Bonchev–Trinajstić information content (AvgIpc) is 3.20. The number of nitrogens with zero attached hydrogens (tertiary/aromatic N) is 4. The number of fused-ring (bicyclic) bond motifs is 1. The smallest absolute Gasteiger partial charge is 0.342 e. The topological polar surface area (TPSA) is 99.7 Å². The van der Waals surface area contributed by atoms with Crippen molar-refractivity contribution in [1.82, 2.24) is 29.9 Å². The third kappa shape index (κ3) is 3.41. The molecule has 1 amide bonds. The van der Waals surface area contributed by atoms with Crippen molar-refractivity contribution in [2.75, 3.05) is 13.1 Å². The highest BCUT2D eigenvalue weighted by Gasteiger charge is 2.36. The SMILES string of the molecule is O=C(C1CC1)N1CCC(Cc2n[nH]c(=O)n2-c2ccc(-c3ccc4cn[nH]c4c3)cc2)C1. The molecule has 6 rings (SSSR count). The maximum atomic E-state index is 12.5. The van der Waals surface area contributed by atoms with Gasteiger partial charge < -0.3 is 4.90 Å². The second-order valence-corrected chi connectivity index (χ2v) is 8.92. The summed E-state index contributed by atoms with van der Waals surface area (Å²) in [6, 6.07) is 14.1. The molecule has 162 valence electrons. The molecule has 1 saturated carbocycles. The van der Waals surface area contributed by atoms with Crippen LogP contribution in [-0.2, 0) is 11.2 Å². The number of H-pyrrole nitrogens is 2. The first-order valence-electron chi connectivity index (χ1n) is 11.1. The van der Waals surface area contributed by atoms with Gasteiger partial charge in [-0.3, -0.25) is 9.89 Å². The lowest BCUT2D eigenvalue weighted by Gasteiger charge is -2.16. The largest absolute Gasteiger partial charge is 0.347 e. The zero-order valence-corrected chi connectivity index (χ0v) is 17.6. The molecule has 1 aliphatic carbocycles. The van der Waals surface area contributed by atoms with Crippen molar-refractivity contribution in [1.29, 1.82) is 0 Å². The maximum Gasteiger partial charge on any atom is 0.347 e. The molecule has 0 radical (unpaired) electrons. The first-order chi connectivity index (χ1) is 15.7. The molecule has 4 aromatic rings. The van der Waals surface area contributed by atoms with Crippen LogP contribution in [0.4, 0.5) is 0 Å². The number of aromatic amines is 2. The highest BCUT2D eigenvalue weighted by atomic mass is 16.2. The van der Waals surface area contributed by atoms with Gasteiger partial charge in [0.25, 0.3) is 0 Å². The van der Waals surface area contributed by atoms with Crippen molar-refractivity contribution in [3.8, 4) is 16.8 Å². The lowest BCUT2D eigenvalue weighted by molar-refractivity contribution is -0.131. The summed E-state index contributed by atoms with van der Waals surface area (Å²) in [7, 11) is 0. The second kappa shape index (κ2) is 7.47. The third-order valence-electron chi connectivity index (χ3n) is 6.64. The molecule has 3 heterocycles. The Labute approximate surface area is 184 Å². The lowest BCUT2D eigenvalue weighted by atomic mass is 10.0. The van der Waals surface area contributed by atoms with Crippen molar-refractivity contribution < 1.29 is 4.79 Å². The summed E-state index contributed by atoms with van der Waals surface area (Å²) in [5.41, 5.74) is 3.68. The second-order valence-electron chi connectivity index (χ2n) is 8.92. The molecular weight excluding hydrogens is 404 g/mol. The van der Waals surface area contributed by atoms with Crippen LogP contribution in [0, 0.1) is 11.8 Å². The number of rotatable bonds is 5. The van der Waals surface area contributed by atoms with Gasteiger partial charge in [-0.2, -0.15) is 10.2 Å². The molecule has 2 aromatic heterocycles. The summed E-state index contributed by atoms with van der Waals surface area (Å²) in [6.07, 6.45) is 5.50. The highest BCUT2D eigenvalue weighted by molar-refractivity contribution is 5.84. The van der Waals surface area contributed by atoms with Gasteiger partial charge in [0.05, 0.1) is 17.4 Å². The van der Waals surface area contributed by atoms with Gasteiger partial charge in [-0.25, -0.2) is 14.5 Å². The summed E-state index contributed by atoms with van der Waals surface area (Å²) in [5, 5.41) is 15.0. The first kappa shape index (κ1) is 19.0. The van der Waals surface area contributed by atoms with Crippen molar-refractivity contribution in [2.45, 2.75) is 25.7 Å². The normalized spacial score (nSPS) is 18.5. The Hall–Kier alpha value is -3.68. The van der Waals surface area contributed by atoms with E-state index >= 15 is 0 Å². The summed E-state index contributed by atoms with van der Waals surface area (Å²) in [5.74, 6) is 1.60. The van der Waals surface area contributed by atoms with Gasteiger partial charge in [-0.05, 0) is 54.5 Å². The van der Waals surface area contributed by atoms with E-state index in [0.717, 1.165) is 60.1 Å². The number of amides is 1. The Morgan fingerprint density at radius 2 is 1.84 bits per heavy atom. The molecule has 2 aliphatic rings. The number of benzene rings is 2. The molecule has 1 unspecified atom stereocenters. The molecule has 2 aromatic carbocycles. The summed E-state index contributed by atoms with van der Waals surface area (Å²) in [4.78, 5) is 26.9. The van der Waals surface area contributed by atoms with E-state index in [4.69, 9.17) is 0 Å². The number of hydrogen-bond donors (Lipinski definition) is 2. The maximum absolute atomic E-state index is 12.5. The summed E-state index contributed by atoms with van der Waals surface area (Å²) in [6.45, 7) is 1.56. The molecule has 8 heteroatoms. The number of hydrogen-bond acceptors (Lipinski definition) is 4. The number of nitrogens with one attached hydrogen (secondary N) is 2. The van der Waals surface area contributed by atoms with Crippen LogP contribution in [-0.4, -0.2) is 48.9 Å². The quantitative estimate of drug-likeness (QED) is 0.510. The van der Waals surface area contributed by atoms with E-state index in [1.54, 1.807) is 10.8 Å². The van der Waals surface area contributed by atoms with Gasteiger partial charge in [0.15, 0.2) is 0 Å². The molecule has 8 nitrogen and oxygen atoms in total. The predicted octanol–water partition coefficient (Wildman–Crippen LogP) is 2.90. The van der Waals surface area contributed by atoms with E-state index in [-0.39, 0.29) is 11.6 Å². The fourth-order valence-corrected chi connectivity index (χ4v) is 4.70. The first-order valence-corrected chi connectivity index (χ1v) is 11.1. The molecule has 0 bridgehead atoms. The Morgan fingerprint density at radius 1 is 1.03 bits per heavy atom. The minimum Gasteiger partial charge on any atom is -0.342 e. The van der Waals surface area contributed by atoms with E-state index in [9.17, 15) is 9.59 Å². The minimum absolute atomic E-state index is 0.240. The van der Waals surface area contributed by atoms with Gasteiger partial charge >= 0.3 is 5.69 Å². The Kier molecular flexibility index (Phi) is 4.45. The van der Waals surface area contributed by atoms with Crippen molar-refractivity contribution in [2.24, 2.45) is 11.8 Å². The van der Waals surface area contributed by atoms with E-state index < -0.39 is 0 Å². The molecule has 32 heavy (non-hydrogen) atoms. The van der Waals surface area contributed by atoms with Crippen LogP contribution < -0.4 is 5.69 Å². The van der Waals surface area contributed by atoms with Gasteiger partial charge in [0.1, 0.15) is 5.82 Å². The summed E-state index contributed by atoms with van der Waals surface area (Å²) >= 11 is 0. The van der Waals surface area contributed by atoms with Crippen LogP contribution in [0.25, 0.3) is 27.7 Å². The van der Waals surface area contributed by atoms with Gasteiger partial charge in [-0.1, -0.05) is 24.3 Å². The summed E-state index contributed by atoms with van der Waals surface area (Å²) < 4.78 is 1.65. The Morgan fingerprint density at radius 3 is 2.66 bits per heavy atom. The van der Waals surface area contributed by atoms with E-state index in [1.807, 2.05) is 35.2 Å². The minimum atomic E-state index is -0.240. The number of carbonyl (C=O) groups excluding carboxylic acids is 1. The fourth-order valence-electron chi connectivity index (χ4n) is 4.70. The zero-order valence-electron chi connectivity index (χ0n) is 17.6. The molecular formula is C24H24N6O2. The van der Waals surface area contributed by atoms with Crippen LogP contribution in [0.1, 0.15) is 25.1 Å². The van der Waals surface area contributed by atoms with Crippen LogP contribution in [0.2, 0.25) is 0 Å². The van der Waals surface area contributed by atoms with Crippen LogP contribution in [0.15, 0.2) is 53.5 Å². The number of carbonyl (C=O) groups is 1. The highest BCUT2D eigenvalue weighted by Crippen LogP contribution is 2.33. The van der Waals surface area contributed by atoms with Gasteiger partial charge in [0, 0.05) is 30.8 Å². The molecule has 1 aliphatic heterocycles. The van der Waals surface area contributed by atoms with Gasteiger partial charge in [-0.15, -0.1) is 0 Å². The van der Waals surface area contributed by atoms with Crippen LogP contribution in [0.3, 0.4) is 0 Å². The predicted molar refractivity (Wildman–Crippen MR) is 120 cm³/mol. The van der Waals surface area contributed by atoms with Crippen molar-refractivity contribution in [3.63, 3.8) is 0 Å².